The fraction of sp³-hybridized carbons (Fsp3) is 0.817. The molecule has 0 aromatic heterocycles. The number of amides is 1. The van der Waals surface area contributed by atoms with Gasteiger partial charge in [0.25, 0.3) is 0 Å². The smallest absolute Gasteiger partial charge is 0.220 e. The average molecular weight is 895 g/mol. The van der Waals surface area contributed by atoms with Gasteiger partial charge in [0.15, 0.2) is 0 Å². The lowest BCUT2D eigenvalue weighted by Gasteiger charge is -2.19. The molecule has 2 unspecified atom stereocenters. The molecular formula is C60H111NO3. The molecule has 4 heteroatoms. The van der Waals surface area contributed by atoms with E-state index in [1.807, 2.05) is 6.08 Å². The highest BCUT2D eigenvalue weighted by Crippen LogP contribution is 2.17. The van der Waals surface area contributed by atoms with E-state index in [0.29, 0.717) is 6.42 Å². The second kappa shape index (κ2) is 55.4. The normalized spacial score (nSPS) is 13.2. The van der Waals surface area contributed by atoms with Gasteiger partial charge in [0.2, 0.25) is 5.91 Å². The third-order valence-corrected chi connectivity index (χ3v) is 13.0. The Morgan fingerprint density at radius 2 is 0.656 bits per heavy atom. The molecule has 0 saturated carbocycles. The zero-order valence-electron chi connectivity index (χ0n) is 43.1. The van der Waals surface area contributed by atoms with Gasteiger partial charge in [0.05, 0.1) is 18.8 Å². The summed E-state index contributed by atoms with van der Waals surface area (Å²) in [7, 11) is 0. The average Bonchev–Trinajstić information content (AvgIpc) is 3.30. The van der Waals surface area contributed by atoms with Gasteiger partial charge in [-0.15, -0.1) is 0 Å². The van der Waals surface area contributed by atoms with Crippen LogP contribution in [0.4, 0.5) is 0 Å². The van der Waals surface area contributed by atoms with E-state index in [9.17, 15) is 15.0 Å². The first-order chi connectivity index (χ1) is 31.7. The molecule has 0 rings (SSSR count). The van der Waals surface area contributed by atoms with E-state index in [-0.39, 0.29) is 12.5 Å². The third kappa shape index (κ3) is 51.1. The Bertz CT molecular complexity index is 1060. The molecule has 0 heterocycles. The van der Waals surface area contributed by atoms with E-state index in [1.165, 1.54) is 231 Å². The molecule has 4 nitrogen and oxygen atoms in total. The van der Waals surface area contributed by atoms with Crippen LogP contribution in [-0.2, 0) is 4.79 Å². The maximum atomic E-state index is 12.5. The standard InChI is InChI=1S/C60H111NO3/c1-3-5-7-9-11-13-15-17-19-21-22-23-24-25-26-27-28-29-30-31-32-33-34-35-36-37-38-40-42-44-46-48-50-52-54-56-60(64)61-58(57-62)59(63)55-53-51-49-47-45-43-41-39-20-18-16-14-12-10-8-6-4-2/h15,17,21-22,24-25,45,47,53,55,58-59,62-63H,3-14,16,18-20,23,26-44,46,48-52,54,56-57H2,1-2H3,(H,61,64)/b17-15-,22-21-,25-24-,47-45+,55-53+. The second-order valence-electron chi connectivity index (χ2n) is 19.3. The summed E-state index contributed by atoms with van der Waals surface area (Å²) in [6.07, 6.45) is 78.2. The van der Waals surface area contributed by atoms with Crippen LogP contribution in [0.1, 0.15) is 296 Å². The van der Waals surface area contributed by atoms with Gasteiger partial charge in [0.1, 0.15) is 0 Å². The van der Waals surface area contributed by atoms with Crippen LogP contribution >= 0.6 is 0 Å². The van der Waals surface area contributed by atoms with Crippen molar-refractivity contribution in [3.05, 3.63) is 60.8 Å². The number of rotatable bonds is 52. The first-order valence-electron chi connectivity index (χ1n) is 28.5. The maximum absolute atomic E-state index is 12.5. The monoisotopic (exact) mass is 894 g/mol. The molecule has 0 spiro atoms. The number of allylic oxidation sites excluding steroid dienone is 9. The van der Waals surface area contributed by atoms with E-state index in [4.69, 9.17) is 0 Å². The molecule has 1 amide bonds. The van der Waals surface area contributed by atoms with Crippen molar-refractivity contribution in [3.63, 3.8) is 0 Å². The van der Waals surface area contributed by atoms with Gasteiger partial charge in [-0.3, -0.25) is 4.79 Å². The van der Waals surface area contributed by atoms with E-state index in [1.54, 1.807) is 6.08 Å². The molecule has 0 aliphatic carbocycles. The van der Waals surface area contributed by atoms with E-state index in [2.05, 4.69) is 67.8 Å². The quantitative estimate of drug-likeness (QED) is 0.0421. The van der Waals surface area contributed by atoms with Crippen molar-refractivity contribution in [2.45, 2.75) is 309 Å². The van der Waals surface area contributed by atoms with Gasteiger partial charge >= 0.3 is 0 Å². The third-order valence-electron chi connectivity index (χ3n) is 13.0. The van der Waals surface area contributed by atoms with Gasteiger partial charge < -0.3 is 15.5 Å². The Hall–Kier alpha value is -1.91. The number of aliphatic hydroxyl groups excluding tert-OH is 2. The van der Waals surface area contributed by atoms with E-state index >= 15 is 0 Å². The van der Waals surface area contributed by atoms with Crippen molar-refractivity contribution in [3.8, 4) is 0 Å². The van der Waals surface area contributed by atoms with Crippen molar-refractivity contribution in [2.75, 3.05) is 6.61 Å². The highest BCUT2D eigenvalue weighted by atomic mass is 16.3. The number of carbonyl (C=O) groups is 1. The van der Waals surface area contributed by atoms with Crippen LogP contribution in [0.15, 0.2) is 60.8 Å². The van der Waals surface area contributed by atoms with Crippen LogP contribution in [0.3, 0.4) is 0 Å². The second-order valence-corrected chi connectivity index (χ2v) is 19.3. The number of hydrogen-bond donors (Lipinski definition) is 3. The summed E-state index contributed by atoms with van der Waals surface area (Å²) in [4.78, 5) is 12.5. The molecule has 0 saturated heterocycles. The summed E-state index contributed by atoms with van der Waals surface area (Å²) in [5.74, 6) is -0.0708. The lowest BCUT2D eigenvalue weighted by atomic mass is 10.0. The van der Waals surface area contributed by atoms with Crippen LogP contribution in [-0.4, -0.2) is 34.9 Å². The van der Waals surface area contributed by atoms with Crippen LogP contribution in [0.5, 0.6) is 0 Å². The Balaban J connectivity index is 3.47. The fourth-order valence-electron chi connectivity index (χ4n) is 8.62. The first kappa shape index (κ1) is 62.1. The molecule has 2 atom stereocenters. The number of aliphatic hydroxyl groups is 2. The Morgan fingerprint density at radius 3 is 1.02 bits per heavy atom. The SMILES string of the molecule is CCCCCCC/C=C\C/C=C\C/C=C\CCCCCCCCCCCCCCCCCCCCCCC(=O)NC(CO)C(O)/C=C/CC/C=C/CCCCCCCCCCCCC. The van der Waals surface area contributed by atoms with E-state index in [0.717, 1.165) is 44.9 Å². The van der Waals surface area contributed by atoms with Gasteiger partial charge in [-0.1, -0.05) is 280 Å². The predicted molar refractivity (Wildman–Crippen MR) is 285 cm³/mol. The number of nitrogens with one attached hydrogen (secondary N) is 1. The summed E-state index contributed by atoms with van der Waals surface area (Å²) in [6, 6.07) is -0.639. The highest BCUT2D eigenvalue weighted by Gasteiger charge is 2.18. The minimum absolute atomic E-state index is 0.0708. The zero-order valence-corrected chi connectivity index (χ0v) is 43.1. The molecule has 0 radical (unpaired) electrons. The molecule has 0 aromatic rings. The lowest BCUT2D eigenvalue weighted by Crippen LogP contribution is -2.45. The predicted octanol–water partition coefficient (Wildman–Crippen LogP) is 18.8. The van der Waals surface area contributed by atoms with Crippen LogP contribution in [0.2, 0.25) is 0 Å². The number of hydrogen-bond acceptors (Lipinski definition) is 3. The lowest BCUT2D eigenvalue weighted by molar-refractivity contribution is -0.123. The van der Waals surface area contributed by atoms with Crippen molar-refractivity contribution >= 4 is 5.91 Å². The molecular weight excluding hydrogens is 783 g/mol. The molecule has 0 fully saturated rings. The van der Waals surface area contributed by atoms with Crippen LogP contribution in [0.25, 0.3) is 0 Å². The van der Waals surface area contributed by atoms with Crippen molar-refractivity contribution in [1.29, 1.82) is 0 Å². The molecule has 374 valence electrons. The largest absolute Gasteiger partial charge is 0.394 e. The van der Waals surface area contributed by atoms with Gasteiger partial charge in [-0.2, -0.15) is 0 Å². The topological polar surface area (TPSA) is 69.6 Å². The molecule has 0 aliphatic heterocycles. The molecule has 3 N–H and O–H groups in total. The van der Waals surface area contributed by atoms with Crippen molar-refractivity contribution < 1.29 is 15.0 Å². The van der Waals surface area contributed by atoms with E-state index < -0.39 is 12.1 Å². The summed E-state index contributed by atoms with van der Waals surface area (Å²) < 4.78 is 0. The first-order valence-corrected chi connectivity index (χ1v) is 28.5. The number of unbranched alkanes of at least 4 members (excludes halogenated alkanes) is 37. The van der Waals surface area contributed by atoms with Gasteiger partial charge in [-0.25, -0.2) is 0 Å². The summed E-state index contributed by atoms with van der Waals surface area (Å²) in [5.41, 5.74) is 0. The van der Waals surface area contributed by atoms with Crippen molar-refractivity contribution in [2.24, 2.45) is 0 Å². The summed E-state index contributed by atoms with van der Waals surface area (Å²) in [5, 5.41) is 23.1. The minimum Gasteiger partial charge on any atom is -0.394 e. The molecule has 0 aliphatic rings. The van der Waals surface area contributed by atoms with Crippen LogP contribution in [0, 0.1) is 0 Å². The summed E-state index contributed by atoms with van der Waals surface area (Å²) in [6.45, 7) is 4.30. The maximum Gasteiger partial charge on any atom is 0.220 e. The Kier molecular flexibility index (Phi) is 53.8. The van der Waals surface area contributed by atoms with Gasteiger partial charge in [0, 0.05) is 6.42 Å². The molecule has 0 bridgehead atoms. The fourth-order valence-corrected chi connectivity index (χ4v) is 8.62. The minimum atomic E-state index is -0.862. The number of carbonyl (C=O) groups excluding carboxylic acids is 1. The van der Waals surface area contributed by atoms with Gasteiger partial charge in [-0.05, 0) is 70.6 Å². The van der Waals surface area contributed by atoms with Crippen LogP contribution < -0.4 is 5.32 Å². The molecule has 0 aromatic carbocycles. The Morgan fingerprint density at radius 1 is 0.375 bits per heavy atom. The zero-order chi connectivity index (χ0) is 46.3. The summed E-state index contributed by atoms with van der Waals surface area (Å²) >= 11 is 0. The Labute approximate surface area is 400 Å². The van der Waals surface area contributed by atoms with Crippen molar-refractivity contribution in [1.82, 2.24) is 5.32 Å². The highest BCUT2D eigenvalue weighted by molar-refractivity contribution is 5.76. The molecule has 64 heavy (non-hydrogen) atoms.